The smallest absolute Gasteiger partial charge is 0.259 e. The number of imide groups is 1. The molecule has 0 spiro atoms. The third kappa shape index (κ3) is 3.94. The summed E-state index contributed by atoms with van der Waals surface area (Å²) in [5.41, 5.74) is 2.36. The second-order valence-electron chi connectivity index (χ2n) is 12.1. The first kappa shape index (κ1) is 25.4. The molecule has 10 nitrogen and oxygen atoms in total. The van der Waals surface area contributed by atoms with Gasteiger partial charge in [-0.1, -0.05) is 18.2 Å². The molecule has 3 aliphatic heterocycles. The molecule has 4 aliphatic rings. The summed E-state index contributed by atoms with van der Waals surface area (Å²) in [6.45, 7) is 3.39. The maximum absolute atomic E-state index is 13.4. The van der Waals surface area contributed by atoms with Gasteiger partial charge in [0.2, 0.25) is 17.7 Å². The molecule has 0 bridgehead atoms. The van der Waals surface area contributed by atoms with E-state index in [2.05, 4.69) is 24.5 Å². The average molecular weight is 551 g/mol. The number of carbonyl (C=O) groups excluding carboxylic acids is 4. The minimum atomic E-state index is -0.782. The number of hydrogen-bond donors (Lipinski definition) is 1. The predicted octanol–water partition coefficient (Wildman–Crippen LogP) is 3.03. The number of piperidine rings is 2. The summed E-state index contributed by atoms with van der Waals surface area (Å²) in [5.74, 6) is -0.988. The summed E-state index contributed by atoms with van der Waals surface area (Å²) in [4.78, 5) is 53.9. The highest BCUT2D eigenvalue weighted by Gasteiger charge is 2.53. The molecule has 3 aromatic rings. The molecule has 2 saturated heterocycles. The third-order valence-electron chi connectivity index (χ3n) is 9.42. The van der Waals surface area contributed by atoms with Crippen LogP contribution in [-0.2, 0) is 26.3 Å². The molecule has 1 unspecified atom stereocenters. The summed E-state index contributed by atoms with van der Waals surface area (Å²) in [5, 5.41) is 18.3. The van der Waals surface area contributed by atoms with E-state index in [4.69, 9.17) is 5.10 Å². The lowest BCUT2D eigenvalue weighted by atomic mass is 9.89. The zero-order valence-electron chi connectivity index (χ0n) is 22.9. The Balaban J connectivity index is 1.11. The van der Waals surface area contributed by atoms with Gasteiger partial charge in [-0.25, -0.2) is 0 Å². The molecule has 2 aromatic carbocycles. The molecule has 41 heavy (non-hydrogen) atoms. The number of nitrogens with one attached hydrogen (secondary N) is 1. The summed E-state index contributed by atoms with van der Waals surface area (Å²) in [7, 11) is 0. The summed E-state index contributed by atoms with van der Waals surface area (Å²) < 4.78 is 2.01. The average Bonchev–Trinajstić information content (AvgIpc) is 3.54. The number of amides is 4. The summed E-state index contributed by atoms with van der Waals surface area (Å²) >= 11 is 0. The number of nitriles is 1. The molecule has 7 rings (SSSR count). The third-order valence-corrected chi connectivity index (χ3v) is 9.42. The van der Waals surface area contributed by atoms with Gasteiger partial charge < -0.3 is 4.90 Å². The van der Waals surface area contributed by atoms with Gasteiger partial charge in [0.1, 0.15) is 11.5 Å². The molecule has 1 N–H and O–H groups in total. The largest absolute Gasteiger partial charge is 0.341 e. The Morgan fingerprint density at radius 1 is 1.12 bits per heavy atom. The molecular weight excluding hydrogens is 520 g/mol. The van der Waals surface area contributed by atoms with Gasteiger partial charge in [0.15, 0.2) is 0 Å². The fourth-order valence-corrected chi connectivity index (χ4v) is 6.65. The Labute approximate surface area is 236 Å². The maximum atomic E-state index is 13.4. The lowest BCUT2D eigenvalue weighted by molar-refractivity contribution is -0.137. The molecule has 3 fully saturated rings. The van der Waals surface area contributed by atoms with Crippen LogP contribution in [0.5, 0.6) is 0 Å². The number of carbonyl (C=O) groups is 4. The molecule has 4 amide bonds. The molecule has 1 aliphatic carbocycles. The van der Waals surface area contributed by atoms with Crippen molar-refractivity contribution in [2.45, 2.75) is 63.5 Å². The van der Waals surface area contributed by atoms with Crippen LogP contribution in [0.15, 0.2) is 42.7 Å². The summed E-state index contributed by atoms with van der Waals surface area (Å²) in [6, 6.07) is 11.1. The first-order valence-electron chi connectivity index (χ1n) is 14.2. The number of anilines is 1. The normalized spacial score (nSPS) is 22.5. The number of rotatable bonds is 5. The standard InChI is InChI=1S/C31H30N6O4/c1-30(11-13-35(14-12-30)29(41)31(18-32)9-10-31)36-17-19(16-33-36)15-20-5-6-23-26-21(20)3-2-4-22(26)28(40)37(23)24-7-8-25(38)34-27(24)39/h2-6,16-17,24H,7-15H2,1H3,(H,34,38,39). The van der Waals surface area contributed by atoms with Crippen molar-refractivity contribution >= 4 is 40.1 Å². The fourth-order valence-electron chi connectivity index (χ4n) is 6.65. The highest BCUT2D eigenvalue weighted by atomic mass is 16.2. The number of nitrogens with zero attached hydrogens (tertiary/aromatic N) is 5. The van der Waals surface area contributed by atoms with E-state index < -0.39 is 17.4 Å². The van der Waals surface area contributed by atoms with E-state index in [-0.39, 0.29) is 29.7 Å². The Hall–Kier alpha value is -4.52. The molecule has 1 saturated carbocycles. The van der Waals surface area contributed by atoms with E-state index in [1.807, 2.05) is 40.0 Å². The first-order valence-corrected chi connectivity index (χ1v) is 14.2. The fraction of sp³-hybridized carbons (Fsp3) is 0.419. The van der Waals surface area contributed by atoms with E-state index in [0.29, 0.717) is 50.0 Å². The van der Waals surface area contributed by atoms with Crippen LogP contribution in [0.3, 0.4) is 0 Å². The van der Waals surface area contributed by atoms with Crippen molar-refractivity contribution in [1.29, 1.82) is 5.26 Å². The van der Waals surface area contributed by atoms with Gasteiger partial charge in [-0.3, -0.25) is 34.1 Å². The van der Waals surface area contributed by atoms with Crippen LogP contribution in [0, 0.1) is 16.7 Å². The number of benzene rings is 2. The zero-order valence-corrected chi connectivity index (χ0v) is 22.9. The molecule has 0 radical (unpaired) electrons. The molecule has 10 heteroatoms. The van der Waals surface area contributed by atoms with E-state index in [0.717, 1.165) is 34.7 Å². The van der Waals surface area contributed by atoms with Gasteiger partial charge in [-0.2, -0.15) is 10.4 Å². The van der Waals surface area contributed by atoms with Gasteiger partial charge in [0.05, 0.1) is 23.5 Å². The van der Waals surface area contributed by atoms with Gasteiger partial charge >= 0.3 is 0 Å². The van der Waals surface area contributed by atoms with E-state index >= 15 is 0 Å². The van der Waals surface area contributed by atoms with Crippen molar-refractivity contribution in [1.82, 2.24) is 20.0 Å². The second kappa shape index (κ2) is 8.99. The molecule has 1 atom stereocenters. The van der Waals surface area contributed by atoms with E-state index in [9.17, 15) is 24.4 Å². The van der Waals surface area contributed by atoms with E-state index in [1.54, 1.807) is 11.0 Å². The lowest BCUT2D eigenvalue weighted by Crippen LogP contribution is -2.53. The summed E-state index contributed by atoms with van der Waals surface area (Å²) in [6.07, 6.45) is 7.94. The Morgan fingerprint density at radius 2 is 1.90 bits per heavy atom. The van der Waals surface area contributed by atoms with Gasteiger partial charge in [0, 0.05) is 43.1 Å². The monoisotopic (exact) mass is 550 g/mol. The lowest BCUT2D eigenvalue weighted by Gasteiger charge is -2.40. The van der Waals surface area contributed by atoms with Crippen LogP contribution >= 0.6 is 0 Å². The SMILES string of the molecule is CC1(n2cc(Cc3ccc4c5c(cccc35)C(=O)N4C3CCC(=O)NC3=O)cn2)CCN(C(=O)C2(C#N)CC2)CC1. The van der Waals surface area contributed by atoms with Crippen LogP contribution in [0.4, 0.5) is 5.69 Å². The van der Waals surface area contributed by atoms with Gasteiger partial charge in [-0.05, 0) is 67.7 Å². The zero-order chi connectivity index (χ0) is 28.5. The predicted molar refractivity (Wildman–Crippen MR) is 149 cm³/mol. The van der Waals surface area contributed by atoms with Crippen molar-refractivity contribution < 1.29 is 19.2 Å². The quantitative estimate of drug-likeness (QED) is 0.487. The van der Waals surface area contributed by atoms with E-state index in [1.165, 1.54) is 0 Å². The van der Waals surface area contributed by atoms with Gasteiger partial charge in [0.25, 0.3) is 5.91 Å². The first-order chi connectivity index (χ1) is 19.7. The topological polar surface area (TPSA) is 128 Å². The Bertz CT molecular complexity index is 1690. The Kier molecular flexibility index (Phi) is 5.58. The minimum Gasteiger partial charge on any atom is -0.341 e. The van der Waals surface area contributed by atoms with Crippen molar-refractivity contribution in [2.24, 2.45) is 5.41 Å². The molecular formula is C31H30N6O4. The van der Waals surface area contributed by atoms with Crippen molar-refractivity contribution in [3.8, 4) is 6.07 Å². The van der Waals surface area contributed by atoms with Crippen LogP contribution in [0.2, 0.25) is 0 Å². The van der Waals surface area contributed by atoms with Crippen LogP contribution in [0.25, 0.3) is 10.8 Å². The van der Waals surface area contributed by atoms with Crippen LogP contribution in [0.1, 0.15) is 66.9 Å². The molecule has 1 aromatic heterocycles. The van der Waals surface area contributed by atoms with Gasteiger partial charge in [-0.15, -0.1) is 0 Å². The van der Waals surface area contributed by atoms with Crippen LogP contribution < -0.4 is 10.2 Å². The highest BCUT2D eigenvalue weighted by Crippen LogP contribution is 2.47. The molecule has 208 valence electrons. The number of likely N-dealkylation sites (tertiary alicyclic amines) is 1. The highest BCUT2D eigenvalue weighted by molar-refractivity contribution is 6.27. The molecule has 4 heterocycles. The second-order valence-corrected chi connectivity index (χ2v) is 12.1. The van der Waals surface area contributed by atoms with Crippen molar-refractivity contribution in [3.05, 3.63) is 59.4 Å². The maximum Gasteiger partial charge on any atom is 0.259 e. The Morgan fingerprint density at radius 3 is 2.61 bits per heavy atom. The van der Waals surface area contributed by atoms with Crippen molar-refractivity contribution in [2.75, 3.05) is 18.0 Å². The number of hydrogen-bond acceptors (Lipinski definition) is 6. The minimum absolute atomic E-state index is 0.0232. The number of aromatic nitrogens is 2. The van der Waals surface area contributed by atoms with Crippen molar-refractivity contribution in [3.63, 3.8) is 0 Å². The van der Waals surface area contributed by atoms with Crippen LogP contribution in [-0.4, -0.2) is 57.4 Å².